The minimum absolute atomic E-state index is 0.143. The maximum absolute atomic E-state index is 11.6. The molecule has 1 N–H and O–H groups in total. The molecule has 0 bridgehead atoms. The smallest absolute Gasteiger partial charge is 0.316 e. The number of aliphatic hydroxyl groups is 1. The third-order valence-corrected chi connectivity index (χ3v) is 3.43. The predicted molar refractivity (Wildman–Crippen MR) is 73.9 cm³/mol. The first-order chi connectivity index (χ1) is 8.33. The predicted octanol–water partition coefficient (Wildman–Crippen LogP) is 3.27. The highest BCUT2D eigenvalue weighted by Crippen LogP contribution is 2.28. The quantitative estimate of drug-likeness (QED) is 0.682. The first-order valence-electron chi connectivity index (χ1n) is 5.56. The number of hydrogen-bond acceptors (Lipinski definition) is 4. The Balaban J connectivity index is 2.64. The molecule has 3 nitrogen and oxygen atoms in total. The zero-order valence-corrected chi connectivity index (χ0v) is 12.3. The van der Waals surface area contributed by atoms with E-state index in [0.29, 0.717) is 10.6 Å². The van der Waals surface area contributed by atoms with Crippen molar-refractivity contribution in [2.75, 3.05) is 5.75 Å². The van der Waals surface area contributed by atoms with E-state index < -0.39 is 5.60 Å². The fourth-order valence-electron chi connectivity index (χ4n) is 1.34. The van der Waals surface area contributed by atoms with Gasteiger partial charge in [-0.15, -0.1) is 11.8 Å². The second-order valence-electron chi connectivity index (χ2n) is 4.75. The highest BCUT2D eigenvalue weighted by molar-refractivity contribution is 8.00. The number of aliphatic hydroxyl groups excluding tert-OH is 1. The second kappa shape index (κ2) is 6.45. The van der Waals surface area contributed by atoms with Crippen molar-refractivity contribution in [3.8, 4) is 0 Å². The van der Waals surface area contributed by atoms with Crippen LogP contribution in [0.1, 0.15) is 26.3 Å². The van der Waals surface area contributed by atoms with E-state index in [4.69, 9.17) is 16.3 Å². The Labute approximate surface area is 116 Å². The number of thioether (sulfide) groups is 1. The molecule has 0 spiro atoms. The van der Waals surface area contributed by atoms with Gasteiger partial charge in [-0.3, -0.25) is 4.79 Å². The minimum atomic E-state index is -0.480. The molecule has 5 heteroatoms. The van der Waals surface area contributed by atoms with Crippen LogP contribution in [-0.2, 0) is 16.1 Å². The topological polar surface area (TPSA) is 46.5 Å². The zero-order chi connectivity index (χ0) is 13.8. The average molecular weight is 289 g/mol. The summed E-state index contributed by atoms with van der Waals surface area (Å²) in [6, 6.07) is 5.33. The largest absolute Gasteiger partial charge is 0.459 e. The monoisotopic (exact) mass is 288 g/mol. The van der Waals surface area contributed by atoms with E-state index in [-0.39, 0.29) is 18.3 Å². The van der Waals surface area contributed by atoms with Crippen molar-refractivity contribution in [2.45, 2.75) is 37.9 Å². The van der Waals surface area contributed by atoms with Gasteiger partial charge < -0.3 is 9.84 Å². The summed E-state index contributed by atoms with van der Waals surface area (Å²) in [6.07, 6.45) is 0. The Kier molecular flexibility index (Phi) is 5.50. The molecule has 0 aromatic heterocycles. The van der Waals surface area contributed by atoms with Gasteiger partial charge in [-0.25, -0.2) is 0 Å². The Morgan fingerprint density at radius 2 is 2.11 bits per heavy atom. The SMILES string of the molecule is CC(C)(C)OC(=O)CSc1cccc(Cl)c1CO. The summed E-state index contributed by atoms with van der Waals surface area (Å²) in [4.78, 5) is 12.4. The standard InChI is InChI=1S/C13H17ClO3S/c1-13(2,3)17-12(16)8-18-11-6-4-5-10(14)9(11)7-15/h4-6,15H,7-8H2,1-3H3. The lowest BCUT2D eigenvalue weighted by molar-refractivity contribution is -0.151. The van der Waals surface area contributed by atoms with E-state index in [9.17, 15) is 9.90 Å². The molecule has 0 aliphatic heterocycles. The van der Waals surface area contributed by atoms with Crippen LogP contribution in [0.3, 0.4) is 0 Å². The minimum Gasteiger partial charge on any atom is -0.459 e. The molecule has 0 saturated carbocycles. The third kappa shape index (κ3) is 4.88. The Morgan fingerprint density at radius 3 is 2.67 bits per heavy atom. The number of halogens is 1. The van der Waals surface area contributed by atoms with Gasteiger partial charge in [0.25, 0.3) is 0 Å². The van der Waals surface area contributed by atoms with Crippen LogP contribution in [0.2, 0.25) is 5.02 Å². The normalized spacial score (nSPS) is 11.4. The first kappa shape index (κ1) is 15.3. The molecule has 1 rings (SSSR count). The van der Waals surface area contributed by atoms with Crippen molar-refractivity contribution in [2.24, 2.45) is 0 Å². The number of esters is 1. The number of ether oxygens (including phenoxy) is 1. The first-order valence-corrected chi connectivity index (χ1v) is 6.93. The molecule has 0 saturated heterocycles. The van der Waals surface area contributed by atoms with Gasteiger partial charge in [0.05, 0.1) is 12.4 Å². The molecule has 0 radical (unpaired) electrons. The highest BCUT2D eigenvalue weighted by atomic mass is 35.5. The molecule has 0 atom stereocenters. The number of carbonyl (C=O) groups excluding carboxylic acids is 1. The van der Waals surface area contributed by atoms with Gasteiger partial charge in [0.15, 0.2) is 0 Å². The van der Waals surface area contributed by atoms with Crippen molar-refractivity contribution in [3.63, 3.8) is 0 Å². The number of hydrogen-bond donors (Lipinski definition) is 1. The maximum Gasteiger partial charge on any atom is 0.316 e. The van der Waals surface area contributed by atoms with Crippen LogP contribution >= 0.6 is 23.4 Å². The maximum atomic E-state index is 11.6. The van der Waals surface area contributed by atoms with Gasteiger partial charge in [0.1, 0.15) is 5.60 Å². The molecule has 0 unspecified atom stereocenters. The van der Waals surface area contributed by atoms with Crippen molar-refractivity contribution in [1.82, 2.24) is 0 Å². The van der Waals surface area contributed by atoms with E-state index in [0.717, 1.165) is 4.90 Å². The Bertz CT molecular complexity index is 427. The lowest BCUT2D eigenvalue weighted by Crippen LogP contribution is -2.24. The Morgan fingerprint density at radius 1 is 1.44 bits per heavy atom. The van der Waals surface area contributed by atoms with Crippen molar-refractivity contribution >= 4 is 29.3 Å². The van der Waals surface area contributed by atoms with Crippen LogP contribution in [0.4, 0.5) is 0 Å². The third-order valence-electron chi connectivity index (χ3n) is 2.00. The Hall–Kier alpha value is -0.710. The highest BCUT2D eigenvalue weighted by Gasteiger charge is 2.17. The van der Waals surface area contributed by atoms with Crippen LogP contribution in [0.25, 0.3) is 0 Å². The molecular formula is C13H17ClO3S. The summed E-state index contributed by atoms with van der Waals surface area (Å²) in [6.45, 7) is 5.34. The van der Waals surface area contributed by atoms with Gasteiger partial charge in [-0.2, -0.15) is 0 Å². The molecule has 0 heterocycles. The summed E-state index contributed by atoms with van der Waals surface area (Å²) < 4.78 is 5.21. The van der Waals surface area contributed by atoms with Crippen LogP contribution < -0.4 is 0 Å². The van der Waals surface area contributed by atoms with Gasteiger partial charge in [0.2, 0.25) is 0 Å². The summed E-state index contributed by atoms with van der Waals surface area (Å²) in [7, 11) is 0. The van der Waals surface area contributed by atoms with E-state index in [2.05, 4.69) is 0 Å². The van der Waals surface area contributed by atoms with Crippen LogP contribution in [0, 0.1) is 0 Å². The summed E-state index contributed by atoms with van der Waals surface area (Å²) in [5.74, 6) is -0.0821. The van der Waals surface area contributed by atoms with Crippen molar-refractivity contribution < 1.29 is 14.6 Å². The molecule has 0 fully saturated rings. The van der Waals surface area contributed by atoms with E-state index in [1.165, 1.54) is 11.8 Å². The number of benzene rings is 1. The van der Waals surface area contributed by atoms with E-state index >= 15 is 0 Å². The molecule has 18 heavy (non-hydrogen) atoms. The number of rotatable bonds is 4. The molecule has 0 amide bonds. The zero-order valence-electron chi connectivity index (χ0n) is 10.7. The van der Waals surface area contributed by atoms with Crippen LogP contribution in [-0.4, -0.2) is 22.4 Å². The molecule has 1 aromatic carbocycles. The second-order valence-corrected chi connectivity index (χ2v) is 6.17. The van der Waals surface area contributed by atoms with E-state index in [1.807, 2.05) is 26.8 Å². The van der Waals surface area contributed by atoms with Crippen LogP contribution in [0.15, 0.2) is 23.1 Å². The molecule has 1 aromatic rings. The molecule has 0 aliphatic carbocycles. The van der Waals surface area contributed by atoms with Gasteiger partial charge in [0, 0.05) is 15.5 Å². The molecular weight excluding hydrogens is 272 g/mol. The van der Waals surface area contributed by atoms with Crippen molar-refractivity contribution in [1.29, 1.82) is 0 Å². The summed E-state index contributed by atoms with van der Waals surface area (Å²) in [5, 5.41) is 9.74. The number of carbonyl (C=O) groups is 1. The molecule has 100 valence electrons. The van der Waals surface area contributed by atoms with Gasteiger partial charge >= 0.3 is 5.97 Å². The lowest BCUT2D eigenvalue weighted by atomic mass is 10.2. The van der Waals surface area contributed by atoms with Gasteiger partial charge in [-0.05, 0) is 32.9 Å². The van der Waals surface area contributed by atoms with Crippen molar-refractivity contribution in [3.05, 3.63) is 28.8 Å². The van der Waals surface area contributed by atoms with Gasteiger partial charge in [-0.1, -0.05) is 17.7 Å². The van der Waals surface area contributed by atoms with Crippen LogP contribution in [0.5, 0.6) is 0 Å². The lowest BCUT2D eigenvalue weighted by Gasteiger charge is -2.19. The van der Waals surface area contributed by atoms with E-state index in [1.54, 1.807) is 12.1 Å². The average Bonchev–Trinajstić information content (AvgIpc) is 2.24. The summed E-state index contributed by atoms with van der Waals surface area (Å²) >= 11 is 7.28. The fraction of sp³-hybridized carbons (Fsp3) is 0.462. The fourth-order valence-corrected chi connectivity index (χ4v) is 2.48. The molecule has 0 aliphatic rings. The summed E-state index contributed by atoms with van der Waals surface area (Å²) in [5.41, 5.74) is 0.166.